The van der Waals surface area contributed by atoms with E-state index < -0.39 is 31.2 Å². The summed E-state index contributed by atoms with van der Waals surface area (Å²) in [4.78, 5) is 23.6. The molecule has 0 bridgehead atoms. The summed E-state index contributed by atoms with van der Waals surface area (Å²) in [6.45, 7) is 17.9. The van der Waals surface area contributed by atoms with E-state index in [9.17, 15) is 9.59 Å². The van der Waals surface area contributed by atoms with E-state index in [-0.39, 0.29) is 12.4 Å². The molecule has 212 valence electrons. The van der Waals surface area contributed by atoms with Gasteiger partial charge in [-0.1, -0.05) is 12.1 Å². The van der Waals surface area contributed by atoms with E-state index in [4.69, 9.17) is 27.2 Å². The molecular weight excluding hydrogens is 525 g/mol. The Morgan fingerprint density at radius 2 is 1.24 bits per heavy atom. The van der Waals surface area contributed by atoms with E-state index in [0.717, 1.165) is 31.5 Å². The van der Waals surface area contributed by atoms with Gasteiger partial charge in [0.2, 0.25) is 0 Å². The number of hydrogen-bond acceptors (Lipinski definition) is 8. The Morgan fingerprint density at radius 3 is 1.76 bits per heavy atom. The molecule has 0 spiro atoms. The molecular formula is C26H48O8Si3. The van der Waals surface area contributed by atoms with E-state index in [1.807, 2.05) is 0 Å². The second-order valence-electron chi connectivity index (χ2n) is 10.8. The number of rotatable bonds is 20. The number of hydrogen-bond donors (Lipinski definition) is 0. The molecule has 0 N–H and O–H groups in total. The van der Waals surface area contributed by atoms with E-state index in [1.54, 1.807) is 31.4 Å². The molecule has 0 radical (unpaired) electrons. The first-order valence-corrected chi connectivity index (χ1v) is 22.1. The van der Waals surface area contributed by atoms with Gasteiger partial charge in [-0.05, 0) is 83.3 Å². The molecule has 0 amide bonds. The number of Topliss-reactive ketones (excluding diaryl/α,β-unsaturated/α-hetero) is 1. The number of carbonyl (C=O) groups is 2. The summed E-state index contributed by atoms with van der Waals surface area (Å²) >= 11 is 0. The number of benzene rings is 1. The van der Waals surface area contributed by atoms with Gasteiger partial charge in [0.15, 0.2) is 22.4 Å². The van der Waals surface area contributed by atoms with Gasteiger partial charge in [0.25, 0.3) is 0 Å². The third kappa shape index (κ3) is 15.7. The van der Waals surface area contributed by atoms with Gasteiger partial charge in [-0.3, -0.25) is 4.79 Å². The van der Waals surface area contributed by atoms with Gasteiger partial charge in [-0.15, -0.1) is 0 Å². The molecule has 0 aliphatic rings. The Morgan fingerprint density at radius 1 is 0.730 bits per heavy atom. The van der Waals surface area contributed by atoms with E-state index in [0.29, 0.717) is 37.6 Å². The SMILES string of the molecule is COCCOCCC[Si](C)(C)O[Si](C)(C)O[Si](C)(C)CCCOCCOC(=O)c1cccc(C(C)=O)c1. The lowest BCUT2D eigenvalue weighted by molar-refractivity contribution is 0.0318. The maximum atomic E-state index is 12.2. The Kier molecular flexibility index (Phi) is 15.3. The summed E-state index contributed by atoms with van der Waals surface area (Å²) in [5.74, 6) is -0.540. The molecule has 0 atom stereocenters. The van der Waals surface area contributed by atoms with Crippen molar-refractivity contribution >= 4 is 36.9 Å². The molecule has 0 aromatic heterocycles. The molecule has 0 saturated heterocycles. The Bertz CT molecular complexity index is 830. The normalized spacial score (nSPS) is 12.5. The zero-order valence-electron chi connectivity index (χ0n) is 24.1. The predicted molar refractivity (Wildman–Crippen MR) is 154 cm³/mol. The van der Waals surface area contributed by atoms with Crippen molar-refractivity contribution in [1.29, 1.82) is 0 Å². The standard InChI is InChI=1S/C26H48O8Si3/c1-23(27)24-12-9-13-25(22-24)26(28)32-19-18-31-15-11-21-36(5,6)34-37(7,8)33-35(3,4)20-10-14-30-17-16-29-2/h9,12-13,22H,10-11,14-21H2,1-8H3. The number of methoxy groups -OCH3 is 1. The van der Waals surface area contributed by atoms with Crippen molar-refractivity contribution in [2.75, 3.05) is 46.8 Å². The minimum absolute atomic E-state index is 0.0867. The van der Waals surface area contributed by atoms with Crippen molar-refractivity contribution in [3.05, 3.63) is 35.4 Å². The largest absolute Gasteiger partial charge is 0.460 e. The van der Waals surface area contributed by atoms with Gasteiger partial charge in [-0.2, -0.15) is 0 Å². The van der Waals surface area contributed by atoms with Crippen LogP contribution in [0.2, 0.25) is 51.4 Å². The molecule has 8 nitrogen and oxygen atoms in total. The molecule has 0 heterocycles. The number of ether oxygens (including phenoxy) is 4. The van der Waals surface area contributed by atoms with E-state index >= 15 is 0 Å². The molecule has 0 aliphatic heterocycles. The van der Waals surface area contributed by atoms with Crippen LogP contribution in [0.5, 0.6) is 0 Å². The van der Waals surface area contributed by atoms with Crippen LogP contribution in [0.1, 0.15) is 40.5 Å². The van der Waals surface area contributed by atoms with Gasteiger partial charge in [0.05, 0.1) is 25.4 Å². The van der Waals surface area contributed by atoms with Crippen molar-refractivity contribution in [2.24, 2.45) is 0 Å². The second kappa shape index (κ2) is 16.7. The fourth-order valence-electron chi connectivity index (χ4n) is 4.14. The first-order chi connectivity index (χ1) is 17.3. The van der Waals surface area contributed by atoms with Crippen LogP contribution < -0.4 is 0 Å². The third-order valence-electron chi connectivity index (χ3n) is 5.58. The number of ketones is 1. The smallest absolute Gasteiger partial charge is 0.338 e. The zero-order chi connectivity index (χ0) is 28.0. The summed E-state index contributed by atoms with van der Waals surface area (Å²) in [5, 5.41) is 0. The lowest BCUT2D eigenvalue weighted by atomic mass is 10.1. The van der Waals surface area contributed by atoms with E-state index in [2.05, 4.69) is 39.3 Å². The average molecular weight is 573 g/mol. The Labute approximate surface area is 226 Å². The minimum Gasteiger partial charge on any atom is -0.460 e. The molecule has 1 aromatic rings. The van der Waals surface area contributed by atoms with Gasteiger partial charge >= 0.3 is 14.5 Å². The summed E-state index contributed by atoms with van der Waals surface area (Å²) in [6.07, 6.45) is 1.88. The molecule has 0 unspecified atom stereocenters. The maximum Gasteiger partial charge on any atom is 0.338 e. The van der Waals surface area contributed by atoms with E-state index in [1.165, 1.54) is 6.92 Å². The highest BCUT2D eigenvalue weighted by Gasteiger charge is 2.39. The lowest BCUT2D eigenvalue weighted by Gasteiger charge is -2.38. The van der Waals surface area contributed by atoms with Crippen molar-refractivity contribution < 1.29 is 36.8 Å². The number of esters is 1. The highest BCUT2D eigenvalue weighted by atomic mass is 28.5. The first-order valence-electron chi connectivity index (χ1n) is 13.1. The monoisotopic (exact) mass is 572 g/mol. The van der Waals surface area contributed by atoms with Crippen LogP contribution in [-0.2, 0) is 27.2 Å². The molecule has 0 aliphatic carbocycles. The number of carbonyl (C=O) groups excluding carboxylic acids is 2. The van der Waals surface area contributed by atoms with Crippen LogP contribution in [0.15, 0.2) is 24.3 Å². The molecule has 0 fully saturated rings. The van der Waals surface area contributed by atoms with Crippen LogP contribution in [0, 0.1) is 0 Å². The average Bonchev–Trinajstić information content (AvgIpc) is 2.79. The molecule has 1 rings (SSSR count). The quantitative estimate of drug-likeness (QED) is 0.0857. The molecule has 11 heteroatoms. The van der Waals surface area contributed by atoms with Crippen molar-refractivity contribution in [3.8, 4) is 0 Å². The lowest BCUT2D eigenvalue weighted by Crippen LogP contribution is -2.52. The van der Waals surface area contributed by atoms with Crippen LogP contribution >= 0.6 is 0 Å². The topological polar surface area (TPSA) is 89.5 Å². The maximum absolute atomic E-state index is 12.2. The third-order valence-corrected chi connectivity index (χ3v) is 17.0. The fraction of sp³-hybridized carbons (Fsp3) is 0.692. The molecule has 37 heavy (non-hydrogen) atoms. The Hall–Kier alpha value is -1.19. The predicted octanol–water partition coefficient (Wildman–Crippen LogP) is 5.65. The highest BCUT2D eigenvalue weighted by molar-refractivity contribution is 6.87. The van der Waals surface area contributed by atoms with Gasteiger partial charge in [0, 0.05) is 25.9 Å². The van der Waals surface area contributed by atoms with Crippen LogP contribution in [0.3, 0.4) is 0 Å². The van der Waals surface area contributed by atoms with Crippen molar-refractivity contribution in [2.45, 2.75) is 71.1 Å². The van der Waals surface area contributed by atoms with Crippen molar-refractivity contribution in [1.82, 2.24) is 0 Å². The second-order valence-corrected chi connectivity index (χ2v) is 23.3. The van der Waals surface area contributed by atoms with Crippen molar-refractivity contribution in [3.63, 3.8) is 0 Å². The van der Waals surface area contributed by atoms with Gasteiger partial charge in [0.1, 0.15) is 6.61 Å². The van der Waals surface area contributed by atoms with Crippen LogP contribution in [0.4, 0.5) is 0 Å². The van der Waals surface area contributed by atoms with Crippen LogP contribution in [-0.4, -0.2) is 83.7 Å². The van der Waals surface area contributed by atoms with Gasteiger partial charge in [-0.25, -0.2) is 4.79 Å². The summed E-state index contributed by atoms with van der Waals surface area (Å²) in [7, 11) is -4.32. The summed E-state index contributed by atoms with van der Waals surface area (Å²) in [5.41, 5.74) is 0.860. The zero-order valence-corrected chi connectivity index (χ0v) is 27.1. The van der Waals surface area contributed by atoms with Gasteiger partial charge < -0.3 is 27.2 Å². The first kappa shape index (κ1) is 33.8. The highest BCUT2D eigenvalue weighted by Crippen LogP contribution is 2.26. The fourth-order valence-corrected chi connectivity index (χ4v) is 18.1. The minimum atomic E-state index is -2.25. The molecule has 0 saturated carbocycles. The summed E-state index contributed by atoms with van der Waals surface area (Å²) in [6, 6.07) is 8.56. The summed E-state index contributed by atoms with van der Waals surface area (Å²) < 4.78 is 34.8. The Balaban J connectivity index is 2.27. The van der Waals surface area contributed by atoms with Crippen LogP contribution in [0.25, 0.3) is 0 Å². The molecule has 1 aromatic carbocycles.